The molecule has 1 atom stereocenters. The average Bonchev–Trinajstić information content (AvgIpc) is 3.20. The monoisotopic (exact) mass is 523 g/mol. The van der Waals surface area contributed by atoms with E-state index >= 15 is 0 Å². The van der Waals surface area contributed by atoms with Crippen molar-refractivity contribution in [2.75, 3.05) is 46.2 Å². The van der Waals surface area contributed by atoms with E-state index in [1.165, 1.54) is 11.1 Å². The molecule has 3 rings (SSSR count). The molecular formula is C23H34IN5O. The number of halogens is 1. The van der Waals surface area contributed by atoms with Crippen LogP contribution in [-0.2, 0) is 13.1 Å². The van der Waals surface area contributed by atoms with Crippen LogP contribution >= 0.6 is 24.0 Å². The molecule has 0 bridgehead atoms. The van der Waals surface area contributed by atoms with Gasteiger partial charge in [-0.2, -0.15) is 0 Å². The lowest BCUT2D eigenvalue weighted by atomic mass is 10.1. The van der Waals surface area contributed by atoms with Crippen molar-refractivity contribution in [2.45, 2.75) is 25.6 Å². The van der Waals surface area contributed by atoms with Gasteiger partial charge in [-0.25, -0.2) is 0 Å². The van der Waals surface area contributed by atoms with Crippen molar-refractivity contribution in [1.82, 2.24) is 15.5 Å². The predicted octanol–water partition coefficient (Wildman–Crippen LogP) is 3.32. The standard InChI is InChI=1S/C23H33N5O.HI/c1-24-23(25-15-18-9-5-6-10-19(18)16-27(2)3)26-20-13-14-28(17-20)21-11-7-8-12-22(21)29-4;/h5-12,20H,13-17H2,1-4H3,(H2,24,25,26);1H. The number of methoxy groups -OCH3 is 1. The van der Waals surface area contributed by atoms with E-state index < -0.39 is 0 Å². The quantitative estimate of drug-likeness (QED) is 0.332. The first kappa shape index (κ1) is 24.3. The summed E-state index contributed by atoms with van der Waals surface area (Å²) in [6.07, 6.45) is 1.07. The van der Waals surface area contributed by atoms with Gasteiger partial charge in [0.15, 0.2) is 5.96 Å². The van der Waals surface area contributed by atoms with Gasteiger partial charge in [0.1, 0.15) is 5.75 Å². The minimum atomic E-state index is 0. The van der Waals surface area contributed by atoms with Crippen LogP contribution in [-0.4, -0.2) is 58.2 Å². The smallest absolute Gasteiger partial charge is 0.191 e. The number of rotatable bonds is 7. The van der Waals surface area contributed by atoms with Crippen molar-refractivity contribution in [3.8, 4) is 5.75 Å². The van der Waals surface area contributed by atoms with Crippen LogP contribution in [0, 0.1) is 0 Å². The summed E-state index contributed by atoms with van der Waals surface area (Å²) in [6.45, 7) is 3.62. The summed E-state index contributed by atoms with van der Waals surface area (Å²) in [7, 11) is 7.75. The molecular weight excluding hydrogens is 489 g/mol. The topological polar surface area (TPSA) is 52.1 Å². The fourth-order valence-electron chi connectivity index (χ4n) is 3.78. The minimum absolute atomic E-state index is 0. The fourth-order valence-corrected chi connectivity index (χ4v) is 3.78. The van der Waals surface area contributed by atoms with E-state index in [0.717, 1.165) is 50.0 Å². The summed E-state index contributed by atoms with van der Waals surface area (Å²) < 4.78 is 5.52. The third kappa shape index (κ3) is 6.50. The number of anilines is 1. The molecule has 164 valence electrons. The molecule has 30 heavy (non-hydrogen) atoms. The summed E-state index contributed by atoms with van der Waals surface area (Å²) in [6, 6.07) is 17.1. The lowest BCUT2D eigenvalue weighted by molar-refractivity contribution is 0.400. The zero-order chi connectivity index (χ0) is 20.6. The molecule has 0 saturated carbocycles. The van der Waals surface area contributed by atoms with E-state index in [2.05, 4.69) is 75.9 Å². The number of guanidine groups is 1. The Labute approximate surface area is 197 Å². The summed E-state index contributed by atoms with van der Waals surface area (Å²) in [4.78, 5) is 8.99. The highest BCUT2D eigenvalue weighted by Gasteiger charge is 2.25. The van der Waals surface area contributed by atoms with Crippen LogP contribution in [0.3, 0.4) is 0 Å². The molecule has 1 aliphatic heterocycles. The molecule has 0 spiro atoms. The zero-order valence-electron chi connectivity index (χ0n) is 18.4. The summed E-state index contributed by atoms with van der Waals surface area (Å²) in [5, 5.41) is 7.06. The molecule has 0 radical (unpaired) electrons. The SMILES string of the molecule is CN=C(NCc1ccccc1CN(C)C)NC1CCN(c2ccccc2OC)C1.I. The first-order chi connectivity index (χ1) is 14.1. The van der Waals surface area contributed by atoms with Crippen LogP contribution in [0.1, 0.15) is 17.5 Å². The molecule has 7 heteroatoms. The number of ether oxygens (including phenoxy) is 1. The summed E-state index contributed by atoms with van der Waals surface area (Å²) in [5.74, 6) is 1.77. The molecule has 2 aromatic carbocycles. The summed E-state index contributed by atoms with van der Waals surface area (Å²) >= 11 is 0. The highest BCUT2D eigenvalue weighted by atomic mass is 127. The molecule has 0 aromatic heterocycles. The van der Waals surface area contributed by atoms with Crippen LogP contribution in [0.2, 0.25) is 0 Å². The van der Waals surface area contributed by atoms with Crippen molar-refractivity contribution in [3.63, 3.8) is 0 Å². The van der Waals surface area contributed by atoms with Crippen molar-refractivity contribution in [2.24, 2.45) is 4.99 Å². The van der Waals surface area contributed by atoms with Gasteiger partial charge < -0.3 is 25.2 Å². The van der Waals surface area contributed by atoms with Gasteiger partial charge in [-0.1, -0.05) is 36.4 Å². The number of hydrogen-bond acceptors (Lipinski definition) is 4. The fraction of sp³-hybridized carbons (Fsp3) is 0.435. The second-order valence-corrected chi connectivity index (χ2v) is 7.68. The second kappa shape index (κ2) is 12.0. The van der Waals surface area contributed by atoms with Crippen LogP contribution in [0.4, 0.5) is 5.69 Å². The van der Waals surface area contributed by atoms with Crippen molar-refractivity contribution in [3.05, 3.63) is 59.7 Å². The van der Waals surface area contributed by atoms with E-state index in [9.17, 15) is 0 Å². The summed E-state index contributed by atoms with van der Waals surface area (Å²) in [5.41, 5.74) is 3.79. The maximum absolute atomic E-state index is 5.52. The van der Waals surface area contributed by atoms with E-state index in [1.54, 1.807) is 7.11 Å². The van der Waals surface area contributed by atoms with Crippen LogP contribution in [0.15, 0.2) is 53.5 Å². The Kier molecular flexibility index (Phi) is 9.71. The molecule has 1 fully saturated rings. The van der Waals surface area contributed by atoms with Crippen LogP contribution in [0.25, 0.3) is 0 Å². The number of hydrogen-bond donors (Lipinski definition) is 2. The highest BCUT2D eigenvalue weighted by Crippen LogP contribution is 2.30. The third-order valence-corrected chi connectivity index (χ3v) is 5.23. The highest BCUT2D eigenvalue weighted by molar-refractivity contribution is 14.0. The maximum atomic E-state index is 5.52. The molecule has 2 N–H and O–H groups in total. The van der Waals surface area contributed by atoms with Gasteiger partial charge in [0.05, 0.1) is 12.8 Å². The van der Waals surface area contributed by atoms with Crippen molar-refractivity contribution < 1.29 is 4.74 Å². The number of aliphatic imine (C=N–C) groups is 1. The van der Waals surface area contributed by atoms with Crippen LogP contribution < -0.4 is 20.3 Å². The molecule has 1 heterocycles. The largest absolute Gasteiger partial charge is 0.495 e. The van der Waals surface area contributed by atoms with E-state index in [-0.39, 0.29) is 24.0 Å². The minimum Gasteiger partial charge on any atom is -0.495 e. The van der Waals surface area contributed by atoms with Crippen LogP contribution in [0.5, 0.6) is 5.75 Å². The predicted molar refractivity (Wildman–Crippen MR) is 136 cm³/mol. The van der Waals surface area contributed by atoms with Gasteiger partial charge in [0.2, 0.25) is 0 Å². The maximum Gasteiger partial charge on any atom is 0.191 e. The molecule has 0 amide bonds. The Morgan fingerprint density at radius 2 is 1.83 bits per heavy atom. The molecule has 0 aliphatic carbocycles. The second-order valence-electron chi connectivity index (χ2n) is 7.68. The Balaban J connectivity index is 0.00000320. The normalized spacial score (nSPS) is 16.4. The number of nitrogens with zero attached hydrogens (tertiary/aromatic N) is 3. The lowest BCUT2D eigenvalue weighted by Crippen LogP contribution is -2.44. The Bertz CT molecular complexity index is 827. The Morgan fingerprint density at radius 1 is 1.13 bits per heavy atom. The molecule has 1 unspecified atom stereocenters. The zero-order valence-corrected chi connectivity index (χ0v) is 20.7. The van der Waals surface area contributed by atoms with E-state index in [1.807, 2.05) is 19.2 Å². The van der Waals surface area contributed by atoms with E-state index in [0.29, 0.717) is 6.04 Å². The third-order valence-electron chi connectivity index (χ3n) is 5.23. The van der Waals surface area contributed by atoms with Crippen molar-refractivity contribution >= 4 is 35.6 Å². The first-order valence-corrected chi connectivity index (χ1v) is 10.2. The van der Waals surface area contributed by atoms with Gasteiger partial charge >= 0.3 is 0 Å². The van der Waals surface area contributed by atoms with Crippen molar-refractivity contribution in [1.29, 1.82) is 0 Å². The van der Waals surface area contributed by atoms with Gasteiger partial charge in [-0.05, 0) is 43.8 Å². The Morgan fingerprint density at radius 3 is 2.53 bits per heavy atom. The molecule has 6 nitrogen and oxygen atoms in total. The Hall–Kier alpha value is -2.00. The van der Waals surface area contributed by atoms with Gasteiger partial charge in [-0.15, -0.1) is 24.0 Å². The lowest BCUT2D eigenvalue weighted by Gasteiger charge is -2.22. The van der Waals surface area contributed by atoms with Gasteiger partial charge in [0.25, 0.3) is 0 Å². The number of nitrogens with one attached hydrogen (secondary N) is 2. The average molecular weight is 523 g/mol. The molecule has 1 saturated heterocycles. The van der Waals surface area contributed by atoms with Gasteiger partial charge in [-0.3, -0.25) is 4.99 Å². The van der Waals surface area contributed by atoms with Gasteiger partial charge in [0, 0.05) is 39.3 Å². The van der Waals surface area contributed by atoms with E-state index in [4.69, 9.17) is 4.74 Å². The molecule has 2 aromatic rings. The number of benzene rings is 2. The number of para-hydroxylation sites is 2. The first-order valence-electron chi connectivity index (χ1n) is 10.2. The molecule has 1 aliphatic rings.